The van der Waals surface area contributed by atoms with Crippen molar-refractivity contribution in [1.82, 2.24) is 16.0 Å². The van der Waals surface area contributed by atoms with E-state index in [9.17, 15) is 9.59 Å². The molecule has 2 amide bonds. The molecular formula is C14H27N3O2. The van der Waals surface area contributed by atoms with Crippen LogP contribution < -0.4 is 16.0 Å². The Morgan fingerprint density at radius 3 is 2.42 bits per heavy atom. The molecule has 1 saturated carbocycles. The van der Waals surface area contributed by atoms with Crippen molar-refractivity contribution in [3.05, 3.63) is 0 Å². The highest BCUT2D eigenvalue weighted by Crippen LogP contribution is 2.17. The van der Waals surface area contributed by atoms with Crippen molar-refractivity contribution in [3.8, 4) is 0 Å². The second-order valence-electron chi connectivity index (χ2n) is 5.21. The summed E-state index contributed by atoms with van der Waals surface area (Å²) < 4.78 is 0. The van der Waals surface area contributed by atoms with E-state index in [0.717, 1.165) is 25.8 Å². The zero-order valence-corrected chi connectivity index (χ0v) is 12.0. The molecule has 0 unspecified atom stereocenters. The van der Waals surface area contributed by atoms with E-state index in [2.05, 4.69) is 16.0 Å². The molecule has 19 heavy (non-hydrogen) atoms. The monoisotopic (exact) mass is 269 g/mol. The van der Waals surface area contributed by atoms with Gasteiger partial charge in [-0.15, -0.1) is 0 Å². The van der Waals surface area contributed by atoms with Crippen molar-refractivity contribution in [1.29, 1.82) is 0 Å². The molecule has 0 aromatic rings. The lowest BCUT2D eigenvalue weighted by Crippen LogP contribution is -2.38. The highest BCUT2D eigenvalue weighted by Gasteiger charge is 2.15. The molecule has 0 saturated heterocycles. The van der Waals surface area contributed by atoms with Gasteiger partial charge >= 0.3 is 0 Å². The lowest BCUT2D eigenvalue weighted by atomic mass is 9.95. The second-order valence-corrected chi connectivity index (χ2v) is 5.21. The first-order valence-electron chi connectivity index (χ1n) is 7.43. The SMILES string of the molecule is CNCCCC(=O)NCCC(=O)NC1CCCCC1. The molecule has 3 N–H and O–H groups in total. The van der Waals surface area contributed by atoms with Gasteiger partial charge < -0.3 is 16.0 Å². The lowest BCUT2D eigenvalue weighted by molar-refractivity contribution is -0.122. The summed E-state index contributed by atoms with van der Waals surface area (Å²) in [7, 11) is 1.87. The zero-order valence-electron chi connectivity index (χ0n) is 12.0. The Bertz CT molecular complexity index is 276. The maximum atomic E-state index is 11.7. The minimum atomic E-state index is 0.0284. The normalized spacial score (nSPS) is 16.1. The van der Waals surface area contributed by atoms with Crippen molar-refractivity contribution in [3.63, 3.8) is 0 Å². The van der Waals surface area contributed by atoms with E-state index < -0.39 is 0 Å². The van der Waals surface area contributed by atoms with Crippen molar-refractivity contribution in [2.45, 2.75) is 57.4 Å². The fourth-order valence-corrected chi connectivity index (χ4v) is 2.38. The standard InChI is InChI=1S/C14H27N3O2/c1-15-10-5-8-13(18)16-11-9-14(19)17-12-6-3-2-4-7-12/h12,15H,2-11H2,1H3,(H,16,18)(H,17,19). The van der Waals surface area contributed by atoms with E-state index in [4.69, 9.17) is 0 Å². The molecule has 1 fully saturated rings. The van der Waals surface area contributed by atoms with Crippen molar-refractivity contribution in [2.24, 2.45) is 0 Å². The molecule has 0 radical (unpaired) electrons. The van der Waals surface area contributed by atoms with Crippen LogP contribution in [-0.4, -0.2) is 38.0 Å². The van der Waals surface area contributed by atoms with Crippen molar-refractivity contribution >= 4 is 11.8 Å². The van der Waals surface area contributed by atoms with E-state index in [-0.39, 0.29) is 11.8 Å². The largest absolute Gasteiger partial charge is 0.356 e. The van der Waals surface area contributed by atoms with E-state index >= 15 is 0 Å². The lowest BCUT2D eigenvalue weighted by Gasteiger charge is -2.22. The Labute approximate surface area is 115 Å². The highest BCUT2D eigenvalue weighted by atomic mass is 16.2. The van der Waals surface area contributed by atoms with Gasteiger partial charge in [0, 0.05) is 25.4 Å². The van der Waals surface area contributed by atoms with Crippen LogP contribution in [-0.2, 0) is 9.59 Å². The van der Waals surface area contributed by atoms with Crippen molar-refractivity contribution in [2.75, 3.05) is 20.1 Å². The van der Waals surface area contributed by atoms with E-state index in [1.165, 1.54) is 19.3 Å². The number of carbonyl (C=O) groups is 2. The van der Waals surface area contributed by atoms with Gasteiger partial charge in [0.25, 0.3) is 0 Å². The number of rotatable bonds is 8. The van der Waals surface area contributed by atoms with Crippen LogP contribution in [0.3, 0.4) is 0 Å². The molecule has 1 aliphatic rings. The summed E-state index contributed by atoms with van der Waals surface area (Å²) in [6.45, 7) is 1.28. The minimum absolute atomic E-state index is 0.0284. The molecule has 1 aliphatic carbocycles. The molecule has 0 heterocycles. The van der Waals surface area contributed by atoms with E-state index in [0.29, 0.717) is 25.4 Å². The summed E-state index contributed by atoms with van der Waals surface area (Å²) in [5.74, 6) is 0.0862. The van der Waals surface area contributed by atoms with Gasteiger partial charge in [0.15, 0.2) is 0 Å². The Morgan fingerprint density at radius 2 is 1.74 bits per heavy atom. The first kappa shape index (κ1) is 16.0. The predicted octanol–water partition coefficient (Wildman–Crippen LogP) is 0.941. The van der Waals surface area contributed by atoms with Gasteiger partial charge in [0.05, 0.1) is 0 Å². The summed E-state index contributed by atoms with van der Waals surface area (Å²) in [6.07, 6.45) is 7.65. The molecule has 1 rings (SSSR count). The van der Waals surface area contributed by atoms with Crippen LogP contribution in [0.5, 0.6) is 0 Å². The van der Waals surface area contributed by atoms with Gasteiger partial charge in [-0.05, 0) is 32.9 Å². The molecule has 110 valence electrons. The predicted molar refractivity (Wildman–Crippen MR) is 75.8 cm³/mol. The molecule has 0 bridgehead atoms. The average molecular weight is 269 g/mol. The molecule has 0 aromatic heterocycles. The van der Waals surface area contributed by atoms with Crippen LogP contribution in [0.2, 0.25) is 0 Å². The fourth-order valence-electron chi connectivity index (χ4n) is 2.38. The van der Waals surface area contributed by atoms with Gasteiger partial charge in [-0.1, -0.05) is 19.3 Å². The zero-order chi connectivity index (χ0) is 13.9. The number of hydrogen-bond acceptors (Lipinski definition) is 3. The third-order valence-corrected chi connectivity index (χ3v) is 3.48. The summed E-state index contributed by atoms with van der Waals surface area (Å²) in [6, 6.07) is 0.354. The van der Waals surface area contributed by atoms with Gasteiger partial charge in [0.2, 0.25) is 11.8 Å². The highest BCUT2D eigenvalue weighted by molar-refractivity contribution is 5.79. The van der Waals surface area contributed by atoms with Gasteiger partial charge in [-0.25, -0.2) is 0 Å². The van der Waals surface area contributed by atoms with Crippen LogP contribution in [0.1, 0.15) is 51.4 Å². The van der Waals surface area contributed by atoms with Crippen LogP contribution >= 0.6 is 0 Å². The minimum Gasteiger partial charge on any atom is -0.356 e. The van der Waals surface area contributed by atoms with Crippen molar-refractivity contribution < 1.29 is 9.59 Å². The Morgan fingerprint density at radius 1 is 1.00 bits per heavy atom. The van der Waals surface area contributed by atoms with Crippen LogP contribution in [0, 0.1) is 0 Å². The Balaban J connectivity index is 2.01. The van der Waals surface area contributed by atoms with Crippen LogP contribution in [0.15, 0.2) is 0 Å². The van der Waals surface area contributed by atoms with Crippen LogP contribution in [0.25, 0.3) is 0 Å². The van der Waals surface area contributed by atoms with E-state index in [1.54, 1.807) is 0 Å². The Kier molecular flexibility index (Phi) is 8.21. The number of carbonyl (C=O) groups excluding carboxylic acids is 2. The summed E-state index contributed by atoms with van der Waals surface area (Å²) in [5.41, 5.74) is 0. The quantitative estimate of drug-likeness (QED) is 0.574. The molecule has 5 nitrogen and oxygen atoms in total. The third-order valence-electron chi connectivity index (χ3n) is 3.48. The average Bonchev–Trinajstić information content (AvgIpc) is 2.40. The van der Waals surface area contributed by atoms with Crippen LogP contribution in [0.4, 0.5) is 0 Å². The number of hydrogen-bond donors (Lipinski definition) is 3. The van der Waals surface area contributed by atoms with Gasteiger partial charge in [0.1, 0.15) is 0 Å². The molecule has 0 aromatic carbocycles. The van der Waals surface area contributed by atoms with E-state index in [1.807, 2.05) is 7.05 Å². The molecule has 0 aliphatic heterocycles. The maximum absolute atomic E-state index is 11.7. The molecule has 0 spiro atoms. The van der Waals surface area contributed by atoms with Gasteiger partial charge in [-0.2, -0.15) is 0 Å². The maximum Gasteiger partial charge on any atom is 0.221 e. The first-order valence-corrected chi connectivity index (χ1v) is 7.43. The topological polar surface area (TPSA) is 70.2 Å². The fraction of sp³-hybridized carbons (Fsp3) is 0.857. The smallest absolute Gasteiger partial charge is 0.221 e. The van der Waals surface area contributed by atoms with Gasteiger partial charge in [-0.3, -0.25) is 9.59 Å². The first-order chi connectivity index (χ1) is 9.22. The molecule has 5 heteroatoms. The summed E-state index contributed by atoms with van der Waals surface area (Å²) in [4.78, 5) is 23.1. The molecule has 0 atom stereocenters. The second kappa shape index (κ2) is 9.78. The summed E-state index contributed by atoms with van der Waals surface area (Å²) >= 11 is 0. The summed E-state index contributed by atoms with van der Waals surface area (Å²) in [5, 5.41) is 8.83. The Hall–Kier alpha value is -1.10. The molecular weight excluding hydrogens is 242 g/mol. The third kappa shape index (κ3) is 7.82. The number of amides is 2. The number of nitrogens with one attached hydrogen (secondary N) is 3.